The molecular weight excluding hydrogens is 514 g/mol. The first-order valence-corrected chi connectivity index (χ1v) is 11.3. The highest BCUT2D eigenvalue weighted by molar-refractivity contribution is 7.86. The van der Waals surface area contributed by atoms with Crippen LogP contribution in [-0.4, -0.2) is 44.7 Å². The van der Waals surface area contributed by atoms with Crippen LogP contribution in [0.3, 0.4) is 0 Å². The molecule has 12 nitrogen and oxygen atoms in total. The molecule has 0 radical (unpaired) electrons. The fourth-order valence-corrected chi connectivity index (χ4v) is 3.57. The van der Waals surface area contributed by atoms with Gasteiger partial charge in [-0.2, -0.15) is 41.5 Å². The van der Waals surface area contributed by atoms with E-state index in [0.717, 1.165) is 33.3 Å². The molecule has 0 aliphatic rings. The molecule has 186 valence electrons. The van der Waals surface area contributed by atoms with Crippen molar-refractivity contribution in [1.82, 2.24) is 24.1 Å². The number of aromatic nitrogens is 5. The van der Waals surface area contributed by atoms with E-state index in [1.165, 1.54) is 0 Å². The third kappa shape index (κ3) is 4.71. The van der Waals surface area contributed by atoms with Crippen molar-refractivity contribution in [2.24, 2.45) is 0 Å². The number of hydrogen-bond acceptors (Lipinski definition) is 9. The fourth-order valence-electron chi connectivity index (χ4n) is 3.14. The van der Waals surface area contributed by atoms with Crippen LogP contribution in [0.25, 0.3) is 16.7 Å². The van der Waals surface area contributed by atoms with Gasteiger partial charge in [0.05, 0.1) is 17.8 Å². The maximum atomic E-state index is 13.3. The molecule has 1 amide bonds. The number of rotatable bonds is 5. The lowest BCUT2D eigenvalue weighted by Gasteiger charge is -2.20. The van der Waals surface area contributed by atoms with Gasteiger partial charge in [0.15, 0.2) is 17.2 Å². The van der Waals surface area contributed by atoms with Gasteiger partial charge in [-0.1, -0.05) is 0 Å². The number of nitriles is 1. The van der Waals surface area contributed by atoms with E-state index in [1.54, 1.807) is 6.07 Å². The molecule has 0 bridgehead atoms. The third-order valence-corrected chi connectivity index (χ3v) is 4.99. The van der Waals surface area contributed by atoms with Crippen molar-refractivity contribution in [3.05, 3.63) is 64.1 Å². The summed E-state index contributed by atoms with van der Waals surface area (Å²) in [6.07, 6.45) is -3.54. The maximum absolute atomic E-state index is 13.3. The number of alkyl halides is 3. The number of nitrogens with zero attached hydrogens (tertiary/aromatic N) is 7. The van der Waals surface area contributed by atoms with Gasteiger partial charge in [0.1, 0.15) is 29.8 Å². The molecule has 36 heavy (non-hydrogen) atoms. The summed E-state index contributed by atoms with van der Waals surface area (Å²) in [6.45, 7) is -0.940. The van der Waals surface area contributed by atoms with E-state index >= 15 is 0 Å². The van der Waals surface area contributed by atoms with Crippen molar-refractivity contribution < 1.29 is 35.1 Å². The summed E-state index contributed by atoms with van der Waals surface area (Å²) >= 11 is 0. The Bertz CT molecular complexity index is 1720. The first-order chi connectivity index (χ1) is 16.8. The zero-order valence-electron chi connectivity index (χ0n) is 17.8. The zero-order chi connectivity index (χ0) is 26.4. The van der Waals surface area contributed by atoms with Crippen LogP contribution < -0.4 is 10.6 Å². The monoisotopic (exact) mass is 525 g/mol. The van der Waals surface area contributed by atoms with Crippen molar-refractivity contribution in [2.45, 2.75) is 12.7 Å². The largest absolute Gasteiger partial charge is 0.433 e. The predicted molar refractivity (Wildman–Crippen MR) is 112 cm³/mol. The zero-order valence-corrected chi connectivity index (χ0v) is 18.6. The third-order valence-electron chi connectivity index (χ3n) is 4.57. The Kier molecular flexibility index (Phi) is 5.94. The number of anilines is 1. The van der Waals surface area contributed by atoms with Crippen molar-refractivity contribution in [3.63, 3.8) is 0 Å². The lowest BCUT2D eigenvalue weighted by Crippen LogP contribution is -2.39. The van der Waals surface area contributed by atoms with Crippen molar-refractivity contribution >= 4 is 38.5 Å². The minimum atomic E-state index is -4.85. The van der Waals surface area contributed by atoms with Crippen LogP contribution in [0.5, 0.6) is 0 Å². The fraction of sp³-hybridized carbons (Fsp3) is 0.158. The first kappa shape index (κ1) is 24.7. The number of halogens is 4. The Morgan fingerprint density at radius 2 is 1.97 bits per heavy atom. The highest BCUT2D eigenvalue weighted by atomic mass is 32.2. The minimum absolute atomic E-state index is 0.203. The number of carbonyl (C=O) groups is 1. The summed E-state index contributed by atoms with van der Waals surface area (Å²) in [5.41, 5.74) is -3.46. The highest BCUT2D eigenvalue weighted by Gasteiger charge is 2.33. The molecule has 0 unspecified atom stereocenters. The number of amides is 1. The number of carbonyl (C=O) groups excluding carboxylic acids is 1. The molecule has 0 saturated carbocycles. The van der Waals surface area contributed by atoms with Crippen LogP contribution in [0.15, 0.2) is 41.3 Å². The molecule has 0 spiro atoms. The van der Waals surface area contributed by atoms with Crippen LogP contribution in [0.2, 0.25) is 0 Å². The number of hydroxylamine groups is 1. The molecule has 0 N–H and O–H groups in total. The second-order valence-corrected chi connectivity index (χ2v) is 8.73. The van der Waals surface area contributed by atoms with Gasteiger partial charge in [0.2, 0.25) is 0 Å². The van der Waals surface area contributed by atoms with Crippen LogP contribution in [0, 0.1) is 17.1 Å². The van der Waals surface area contributed by atoms with E-state index in [4.69, 9.17) is 0 Å². The molecule has 0 fully saturated rings. The number of fused-ring (bicyclic) bond motifs is 3. The highest BCUT2D eigenvalue weighted by Crippen LogP contribution is 2.28. The Hall–Kier alpha value is -4.43. The average Bonchev–Trinajstić information content (AvgIpc) is 3.24. The van der Waals surface area contributed by atoms with Gasteiger partial charge in [-0.3, -0.25) is 14.2 Å². The van der Waals surface area contributed by atoms with E-state index in [0.29, 0.717) is 18.5 Å². The number of pyridine rings is 2. The van der Waals surface area contributed by atoms with Gasteiger partial charge in [0.25, 0.3) is 21.6 Å². The summed E-state index contributed by atoms with van der Waals surface area (Å²) in [5.74, 6) is -2.44. The second kappa shape index (κ2) is 8.66. The van der Waals surface area contributed by atoms with E-state index < -0.39 is 57.3 Å². The molecule has 4 heterocycles. The lowest BCUT2D eigenvalue weighted by molar-refractivity contribution is -0.141. The molecular formula is C19H11F4N7O5S. The van der Waals surface area contributed by atoms with E-state index in [9.17, 15) is 40.8 Å². The Morgan fingerprint density at radius 3 is 2.56 bits per heavy atom. The second-order valence-electron chi connectivity index (χ2n) is 7.17. The molecule has 0 atom stereocenters. The molecule has 0 saturated heterocycles. The van der Waals surface area contributed by atoms with E-state index in [-0.39, 0.29) is 21.8 Å². The van der Waals surface area contributed by atoms with Gasteiger partial charge >= 0.3 is 6.18 Å². The Labute approximate surface area is 197 Å². The minimum Gasteiger partial charge on any atom is -0.283 e. The normalized spacial score (nSPS) is 12.1. The summed E-state index contributed by atoms with van der Waals surface area (Å²) in [7, 11) is -4.32. The van der Waals surface area contributed by atoms with Gasteiger partial charge in [-0.05, 0) is 24.3 Å². The smallest absolute Gasteiger partial charge is 0.283 e. The molecule has 4 aromatic heterocycles. The molecule has 4 rings (SSSR count). The predicted octanol–water partition coefficient (Wildman–Crippen LogP) is 1.39. The lowest BCUT2D eigenvalue weighted by atomic mass is 10.2. The molecule has 17 heteroatoms. The molecule has 4 aromatic rings. The van der Waals surface area contributed by atoms with Gasteiger partial charge in [-0.25, -0.2) is 14.4 Å². The van der Waals surface area contributed by atoms with Crippen molar-refractivity contribution in [1.29, 1.82) is 5.26 Å². The summed E-state index contributed by atoms with van der Waals surface area (Å²) in [5, 5.41) is 12.9. The molecule has 0 aromatic carbocycles. The quantitative estimate of drug-likeness (QED) is 0.278. The van der Waals surface area contributed by atoms with Crippen LogP contribution in [-0.2, 0) is 31.9 Å². The standard InChI is InChI=1S/C19H11F4N7O5S/c1-36(33,34)35-30(14-5-2-10(20)8-25-14)16(31)9-28-15-6-11(7-24)27-29(15)17-12(18(28)32)3-4-13(26-17)19(21,22)23/h2-6,8H,9H2,1H3. The first-order valence-electron chi connectivity index (χ1n) is 9.53. The Balaban J connectivity index is 1.89. The molecule has 0 aliphatic heterocycles. The van der Waals surface area contributed by atoms with Crippen molar-refractivity contribution in [2.75, 3.05) is 11.3 Å². The summed E-state index contributed by atoms with van der Waals surface area (Å²) in [6, 6.07) is 5.88. The van der Waals surface area contributed by atoms with E-state index in [2.05, 4.69) is 19.4 Å². The van der Waals surface area contributed by atoms with Gasteiger partial charge in [-0.15, -0.1) is 4.28 Å². The summed E-state index contributed by atoms with van der Waals surface area (Å²) in [4.78, 5) is 33.2. The molecule has 0 aliphatic carbocycles. The van der Waals surface area contributed by atoms with Gasteiger partial charge < -0.3 is 0 Å². The van der Waals surface area contributed by atoms with Crippen LogP contribution >= 0.6 is 0 Å². The van der Waals surface area contributed by atoms with Crippen LogP contribution in [0.1, 0.15) is 11.4 Å². The average molecular weight is 525 g/mol. The van der Waals surface area contributed by atoms with Crippen molar-refractivity contribution in [3.8, 4) is 6.07 Å². The Morgan fingerprint density at radius 1 is 1.25 bits per heavy atom. The SMILES string of the molecule is CS(=O)(=O)ON(C(=O)Cn1c(=O)c2ccc(C(F)(F)F)nc2n2nc(C#N)cc12)c1ccc(F)cn1. The number of hydrogen-bond donors (Lipinski definition) is 0. The topological polar surface area (TPSA) is 153 Å². The maximum Gasteiger partial charge on any atom is 0.433 e. The summed E-state index contributed by atoms with van der Waals surface area (Å²) < 4.78 is 82.4. The van der Waals surface area contributed by atoms with Gasteiger partial charge in [0, 0.05) is 6.07 Å². The van der Waals surface area contributed by atoms with E-state index in [1.807, 2.05) is 0 Å². The van der Waals surface area contributed by atoms with Crippen LogP contribution in [0.4, 0.5) is 23.4 Å².